The normalized spacial score (nSPS) is 12.8. The number of hydrogen-bond acceptors (Lipinski definition) is 7. The summed E-state index contributed by atoms with van der Waals surface area (Å²) in [5.74, 6) is 0.254. The predicted molar refractivity (Wildman–Crippen MR) is 83.0 cm³/mol. The Bertz CT molecular complexity index is 641. The van der Waals surface area contributed by atoms with E-state index in [9.17, 15) is 0 Å². The fourth-order valence-corrected chi connectivity index (χ4v) is 2.19. The summed E-state index contributed by atoms with van der Waals surface area (Å²) in [7, 11) is 1.55. The van der Waals surface area contributed by atoms with Crippen LogP contribution < -0.4 is 15.2 Å². The minimum Gasteiger partial charge on any atom is -0.468 e. The number of nitrogens with zero attached hydrogens (tertiary/aromatic N) is 4. The zero-order valence-corrected chi connectivity index (χ0v) is 13.7. The Kier molecular flexibility index (Phi) is 5.02. The average molecular weight is 309 g/mol. The van der Waals surface area contributed by atoms with Crippen molar-refractivity contribution in [1.82, 2.24) is 19.5 Å². The molecule has 1 unspecified atom stereocenters. The highest BCUT2D eigenvalue weighted by Crippen LogP contribution is 2.30. The largest absolute Gasteiger partial charge is 0.468 e. The highest BCUT2D eigenvalue weighted by atomic mass is 16.5. The van der Waals surface area contributed by atoms with Crippen LogP contribution in [-0.4, -0.2) is 39.3 Å². The second-order valence-corrected chi connectivity index (χ2v) is 5.02. The number of rotatable bonds is 7. The summed E-state index contributed by atoms with van der Waals surface area (Å²) in [4.78, 5) is 12.9. The third kappa shape index (κ3) is 3.06. The van der Waals surface area contributed by atoms with Crippen molar-refractivity contribution >= 4 is 17.0 Å². The second-order valence-electron chi connectivity index (χ2n) is 5.02. The van der Waals surface area contributed by atoms with E-state index in [1.165, 1.54) is 0 Å². The number of nitrogens with two attached hydrogens (primary N) is 1. The Morgan fingerprint density at radius 3 is 2.45 bits per heavy atom. The molecular formula is C14H23N5O3. The molecule has 0 saturated carbocycles. The van der Waals surface area contributed by atoms with Gasteiger partial charge < -0.3 is 19.9 Å². The van der Waals surface area contributed by atoms with Gasteiger partial charge in [-0.2, -0.15) is 15.0 Å². The van der Waals surface area contributed by atoms with Gasteiger partial charge in [-0.3, -0.25) is 4.57 Å². The smallest absolute Gasteiger partial charge is 0.320 e. The number of fused-ring (bicyclic) bond motifs is 1. The molecule has 2 heterocycles. The lowest BCUT2D eigenvalue weighted by molar-refractivity contribution is 0.00531. The van der Waals surface area contributed by atoms with Crippen molar-refractivity contribution in [1.29, 1.82) is 0 Å². The molecule has 0 aliphatic rings. The molecule has 0 aliphatic carbocycles. The third-order valence-corrected chi connectivity index (χ3v) is 3.03. The van der Waals surface area contributed by atoms with Gasteiger partial charge in [-0.25, -0.2) is 0 Å². The molecule has 0 amide bonds. The van der Waals surface area contributed by atoms with Crippen LogP contribution >= 0.6 is 0 Å². The minimum atomic E-state index is -0.244. The zero-order chi connectivity index (χ0) is 16.3. The summed E-state index contributed by atoms with van der Waals surface area (Å²) in [6.07, 6.45) is 0.440. The van der Waals surface area contributed by atoms with Crippen molar-refractivity contribution in [2.45, 2.75) is 46.4 Å². The van der Waals surface area contributed by atoms with E-state index in [4.69, 9.17) is 19.9 Å². The first-order chi connectivity index (χ1) is 10.5. The van der Waals surface area contributed by atoms with Crippen LogP contribution in [-0.2, 0) is 4.74 Å². The number of nitrogen functional groups attached to an aromatic ring is 1. The van der Waals surface area contributed by atoms with Crippen molar-refractivity contribution < 1.29 is 14.2 Å². The van der Waals surface area contributed by atoms with Gasteiger partial charge in [-0.15, -0.1) is 0 Å². The molecule has 2 aromatic rings. The van der Waals surface area contributed by atoms with Crippen LogP contribution in [0.3, 0.4) is 0 Å². The number of anilines is 1. The van der Waals surface area contributed by atoms with Gasteiger partial charge >= 0.3 is 12.0 Å². The molecule has 0 bridgehead atoms. The number of ether oxygens (including phenoxy) is 3. The fourth-order valence-electron chi connectivity index (χ4n) is 2.19. The van der Waals surface area contributed by atoms with E-state index in [0.717, 1.165) is 6.42 Å². The van der Waals surface area contributed by atoms with Crippen LogP contribution in [0.4, 0.5) is 5.82 Å². The Hall–Kier alpha value is -2.09. The molecule has 22 heavy (non-hydrogen) atoms. The first-order valence-corrected chi connectivity index (χ1v) is 7.39. The van der Waals surface area contributed by atoms with E-state index in [1.54, 1.807) is 11.7 Å². The van der Waals surface area contributed by atoms with Crippen molar-refractivity contribution in [3.8, 4) is 12.0 Å². The Balaban J connectivity index is 2.63. The number of hydrogen-bond donors (Lipinski definition) is 1. The van der Waals surface area contributed by atoms with Crippen molar-refractivity contribution in [3.05, 3.63) is 0 Å². The first kappa shape index (κ1) is 16.3. The van der Waals surface area contributed by atoms with E-state index in [0.29, 0.717) is 23.8 Å². The SMILES string of the molecule is CCOC(CC)n1c(OC)nc2c(N)nc(OC(C)C)nc21. The quantitative estimate of drug-likeness (QED) is 0.836. The standard InChI is InChI=1S/C14H23N5O3/c1-6-9(21-7-2)19-12-10(16-14(19)20-5)11(15)17-13(18-12)22-8(3)4/h8-9H,6-7H2,1-5H3,(H2,15,17,18). The summed E-state index contributed by atoms with van der Waals surface area (Å²) >= 11 is 0. The molecule has 0 radical (unpaired) electrons. The van der Waals surface area contributed by atoms with Crippen LogP contribution in [0, 0.1) is 0 Å². The van der Waals surface area contributed by atoms with Crippen LogP contribution in [0.25, 0.3) is 11.2 Å². The van der Waals surface area contributed by atoms with Crippen LogP contribution in [0.2, 0.25) is 0 Å². The van der Waals surface area contributed by atoms with Crippen LogP contribution in [0.1, 0.15) is 40.3 Å². The molecule has 2 N–H and O–H groups in total. The zero-order valence-electron chi connectivity index (χ0n) is 13.7. The lowest BCUT2D eigenvalue weighted by Crippen LogP contribution is -2.15. The topological polar surface area (TPSA) is 97.3 Å². The molecule has 0 fully saturated rings. The maximum Gasteiger partial charge on any atom is 0.320 e. The summed E-state index contributed by atoms with van der Waals surface area (Å²) in [6.45, 7) is 8.32. The van der Waals surface area contributed by atoms with Gasteiger partial charge in [0.05, 0.1) is 13.2 Å². The lowest BCUT2D eigenvalue weighted by Gasteiger charge is -2.18. The first-order valence-electron chi connectivity index (χ1n) is 7.39. The van der Waals surface area contributed by atoms with Crippen LogP contribution in [0.15, 0.2) is 0 Å². The fraction of sp³-hybridized carbons (Fsp3) is 0.643. The average Bonchev–Trinajstić information content (AvgIpc) is 2.83. The molecule has 2 rings (SSSR count). The summed E-state index contributed by atoms with van der Waals surface area (Å²) in [5.41, 5.74) is 7.00. The number of aromatic nitrogens is 4. The minimum absolute atomic E-state index is 0.0519. The highest BCUT2D eigenvalue weighted by Gasteiger charge is 2.23. The van der Waals surface area contributed by atoms with E-state index < -0.39 is 0 Å². The molecular weight excluding hydrogens is 286 g/mol. The molecule has 2 aromatic heterocycles. The van der Waals surface area contributed by atoms with Gasteiger partial charge in [0.15, 0.2) is 17.0 Å². The number of methoxy groups -OCH3 is 1. The molecule has 8 nitrogen and oxygen atoms in total. The van der Waals surface area contributed by atoms with Crippen molar-refractivity contribution in [3.63, 3.8) is 0 Å². The number of imidazole rings is 1. The van der Waals surface area contributed by atoms with Gasteiger partial charge in [0, 0.05) is 6.61 Å². The molecule has 0 aliphatic heterocycles. The van der Waals surface area contributed by atoms with Gasteiger partial charge in [0.2, 0.25) is 0 Å². The second kappa shape index (κ2) is 6.78. The van der Waals surface area contributed by atoms with Gasteiger partial charge in [-0.1, -0.05) is 6.92 Å². The molecule has 0 aromatic carbocycles. The maximum absolute atomic E-state index is 5.98. The summed E-state index contributed by atoms with van der Waals surface area (Å²) < 4.78 is 18.4. The van der Waals surface area contributed by atoms with E-state index >= 15 is 0 Å². The van der Waals surface area contributed by atoms with E-state index in [1.807, 2.05) is 27.7 Å². The summed E-state index contributed by atoms with van der Waals surface area (Å²) in [5, 5.41) is 0. The highest BCUT2D eigenvalue weighted by molar-refractivity contribution is 5.83. The van der Waals surface area contributed by atoms with Crippen LogP contribution in [0.5, 0.6) is 12.0 Å². The van der Waals surface area contributed by atoms with Gasteiger partial charge in [0.25, 0.3) is 0 Å². The molecule has 8 heteroatoms. The predicted octanol–water partition coefficient (Wildman–Crippen LogP) is 2.15. The molecule has 0 saturated heterocycles. The van der Waals surface area contributed by atoms with E-state index in [2.05, 4.69) is 15.0 Å². The Morgan fingerprint density at radius 2 is 1.91 bits per heavy atom. The lowest BCUT2D eigenvalue weighted by atomic mass is 10.4. The molecule has 1 atom stereocenters. The summed E-state index contributed by atoms with van der Waals surface area (Å²) in [6, 6.07) is 0.605. The van der Waals surface area contributed by atoms with E-state index in [-0.39, 0.29) is 24.2 Å². The molecule has 0 spiro atoms. The van der Waals surface area contributed by atoms with Crippen molar-refractivity contribution in [2.24, 2.45) is 0 Å². The maximum atomic E-state index is 5.98. The molecule has 122 valence electrons. The van der Waals surface area contributed by atoms with Gasteiger partial charge in [-0.05, 0) is 27.2 Å². The monoisotopic (exact) mass is 309 g/mol. The Morgan fingerprint density at radius 1 is 1.18 bits per heavy atom. The third-order valence-electron chi connectivity index (χ3n) is 3.03. The Labute approximate surface area is 129 Å². The van der Waals surface area contributed by atoms with Crippen molar-refractivity contribution in [2.75, 3.05) is 19.5 Å². The van der Waals surface area contributed by atoms with Gasteiger partial charge in [0.1, 0.15) is 6.23 Å².